The number of hydrogen-bond acceptors (Lipinski definition) is 1. The molecule has 0 fully saturated rings. The van der Waals surface area contributed by atoms with Crippen molar-refractivity contribution >= 4 is 5.78 Å². The fourth-order valence-corrected chi connectivity index (χ4v) is 2.33. The summed E-state index contributed by atoms with van der Waals surface area (Å²) in [6.45, 7) is 4.25. The zero-order valence-corrected chi connectivity index (χ0v) is 9.29. The lowest BCUT2D eigenvalue weighted by molar-refractivity contribution is 0.104. The van der Waals surface area contributed by atoms with E-state index >= 15 is 0 Å². The first-order valence-corrected chi connectivity index (χ1v) is 5.55. The Morgan fingerprint density at radius 1 is 1.27 bits per heavy atom. The molecule has 0 heterocycles. The molecule has 1 aliphatic carbocycles. The van der Waals surface area contributed by atoms with E-state index in [0.717, 1.165) is 18.4 Å². The van der Waals surface area contributed by atoms with Crippen LogP contribution in [-0.4, -0.2) is 5.78 Å². The van der Waals surface area contributed by atoms with Crippen LogP contribution in [0.5, 0.6) is 0 Å². The molecule has 0 amide bonds. The minimum atomic E-state index is 0.162. The molecule has 1 atom stereocenters. The van der Waals surface area contributed by atoms with Gasteiger partial charge in [-0.25, -0.2) is 0 Å². The number of benzene rings is 1. The Morgan fingerprint density at radius 3 is 2.73 bits per heavy atom. The van der Waals surface area contributed by atoms with Crippen molar-refractivity contribution in [2.45, 2.75) is 32.6 Å². The van der Waals surface area contributed by atoms with Crippen molar-refractivity contribution in [2.75, 3.05) is 0 Å². The maximum absolute atomic E-state index is 11.8. The van der Waals surface area contributed by atoms with Crippen LogP contribution in [0.15, 0.2) is 35.9 Å². The van der Waals surface area contributed by atoms with Crippen LogP contribution in [0.3, 0.4) is 0 Å². The predicted molar refractivity (Wildman–Crippen MR) is 62.2 cm³/mol. The molecule has 0 aliphatic heterocycles. The zero-order valence-electron chi connectivity index (χ0n) is 9.29. The summed E-state index contributed by atoms with van der Waals surface area (Å²) in [7, 11) is 0. The van der Waals surface area contributed by atoms with Crippen molar-refractivity contribution in [1.82, 2.24) is 0 Å². The summed E-state index contributed by atoms with van der Waals surface area (Å²) in [5.41, 5.74) is 3.31. The lowest BCUT2D eigenvalue weighted by Crippen LogP contribution is -2.13. The van der Waals surface area contributed by atoms with E-state index in [1.807, 2.05) is 18.2 Å². The first-order valence-electron chi connectivity index (χ1n) is 5.55. The van der Waals surface area contributed by atoms with E-state index in [1.54, 1.807) is 6.08 Å². The van der Waals surface area contributed by atoms with Gasteiger partial charge in [-0.15, -0.1) is 0 Å². The summed E-state index contributed by atoms with van der Waals surface area (Å²) in [5.74, 6) is 0.611. The second kappa shape index (κ2) is 4.01. The molecular weight excluding hydrogens is 184 g/mol. The smallest absolute Gasteiger partial charge is 0.186 e. The minimum Gasteiger partial charge on any atom is -0.289 e. The van der Waals surface area contributed by atoms with Crippen molar-refractivity contribution in [3.05, 3.63) is 47.0 Å². The molecule has 0 spiro atoms. The van der Waals surface area contributed by atoms with E-state index in [0.29, 0.717) is 5.92 Å². The van der Waals surface area contributed by atoms with Crippen LogP contribution in [0.4, 0.5) is 0 Å². The Morgan fingerprint density at radius 2 is 2.00 bits per heavy atom. The van der Waals surface area contributed by atoms with Crippen LogP contribution in [0.1, 0.15) is 48.5 Å². The van der Waals surface area contributed by atoms with Gasteiger partial charge in [-0.1, -0.05) is 43.2 Å². The standard InChI is InChI=1S/C14H16O/c1-3-6-11-10(2)9-14(15)13-8-5-4-7-12(11)13/h4-5,7-9,11H,3,6H2,1-2H3. The van der Waals surface area contributed by atoms with Gasteiger partial charge in [0.05, 0.1) is 0 Å². The van der Waals surface area contributed by atoms with E-state index in [2.05, 4.69) is 19.9 Å². The second-order valence-corrected chi connectivity index (χ2v) is 4.18. The first-order chi connectivity index (χ1) is 7.24. The molecule has 1 aliphatic rings. The highest BCUT2D eigenvalue weighted by atomic mass is 16.1. The van der Waals surface area contributed by atoms with Crippen molar-refractivity contribution in [3.63, 3.8) is 0 Å². The van der Waals surface area contributed by atoms with Gasteiger partial charge < -0.3 is 0 Å². The highest BCUT2D eigenvalue weighted by molar-refractivity contribution is 6.07. The summed E-state index contributed by atoms with van der Waals surface area (Å²) in [6.07, 6.45) is 4.08. The van der Waals surface area contributed by atoms with E-state index in [4.69, 9.17) is 0 Å². The maximum Gasteiger partial charge on any atom is 0.186 e. The highest BCUT2D eigenvalue weighted by Gasteiger charge is 2.23. The molecule has 1 unspecified atom stereocenters. The molecule has 0 aromatic heterocycles. The third-order valence-corrected chi connectivity index (χ3v) is 3.09. The quantitative estimate of drug-likeness (QED) is 0.711. The third kappa shape index (κ3) is 1.74. The Bertz CT molecular complexity index is 415. The first kappa shape index (κ1) is 10.2. The van der Waals surface area contributed by atoms with Crippen molar-refractivity contribution in [2.24, 2.45) is 0 Å². The normalized spacial score (nSPS) is 19.7. The molecule has 0 saturated carbocycles. The molecule has 15 heavy (non-hydrogen) atoms. The van der Waals surface area contributed by atoms with Gasteiger partial charge in [0.1, 0.15) is 0 Å². The van der Waals surface area contributed by atoms with Gasteiger partial charge in [-0.05, 0) is 25.0 Å². The van der Waals surface area contributed by atoms with Gasteiger partial charge in [0.15, 0.2) is 5.78 Å². The molecule has 0 bridgehead atoms. The SMILES string of the molecule is CCCC1C(C)=CC(=O)c2ccccc21. The zero-order chi connectivity index (χ0) is 10.8. The largest absolute Gasteiger partial charge is 0.289 e. The van der Waals surface area contributed by atoms with Crippen LogP contribution in [0.25, 0.3) is 0 Å². The highest BCUT2D eigenvalue weighted by Crippen LogP contribution is 2.35. The Hall–Kier alpha value is -1.37. The third-order valence-electron chi connectivity index (χ3n) is 3.09. The van der Waals surface area contributed by atoms with E-state index in [-0.39, 0.29) is 5.78 Å². The van der Waals surface area contributed by atoms with Crippen LogP contribution in [0.2, 0.25) is 0 Å². The molecular formula is C14H16O. The Kier molecular flexibility index (Phi) is 2.72. The van der Waals surface area contributed by atoms with Crippen molar-refractivity contribution in [1.29, 1.82) is 0 Å². The number of ketones is 1. The van der Waals surface area contributed by atoms with Crippen molar-refractivity contribution in [3.8, 4) is 0 Å². The molecule has 1 aromatic carbocycles. The van der Waals surface area contributed by atoms with Crippen molar-refractivity contribution < 1.29 is 4.79 Å². The lowest BCUT2D eigenvalue weighted by atomic mass is 9.80. The fraction of sp³-hybridized carbons (Fsp3) is 0.357. The van der Waals surface area contributed by atoms with E-state index in [1.165, 1.54) is 11.1 Å². The monoisotopic (exact) mass is 200 g/mol. The van der Waals surface area contributed by atoms with Crippen LogP contribution in [0, 0.1) is 0 Å². The molecule has 0 saturated heterocycles. The molecule has 0 radical (unpaired) electrons. The summed E-state index contributed by atoms with van der Waals surface area (Å²) < 4.78 is 0. The Balaban J connectivity index is 2.49. The summed E-state index contributed by atoms with van der Waals surface area (Å²) >= 11 is 0. The molecule has 78 valence electrons. The average Bonchev–Trinajstić information content (AvgIpc) is 2.24. The molecule has 1 nitrogen and oxygen atoms in total. The molecule has 1 heteroatoms. The number of rotatable bonds is 2. The van der Waals surface area contributed by atoms with Gasteiger partial charge in [-0.2, -0.15) is 0 Å². The van der Waals surface area contributed by atoms with E-state index < -0.39 is 0 Å². The summed E-state index contributed by atoms with van der Waals surface area (Å²) in [5, 5.41) is 0. The number of carbonyl (C=O) groups excluding carboxylic acids is 1. The van der Waals surface area contributed by atoms with Gasteiger partial charge in [0, 0.05) is 11.5 Å². The average molecular weight is 200 g/mol. The molecule has 2 rings (SSSR count). The summed E-state index contributed by atoms with van der Waals surface area (Å²) in [4.78, 5) is 11.8. The topological polar surface area (TPSA) is 17.1 Å². The summed E-state index contributed by atoms with van der Waals surface area (Å²) in [6, 6.07) is 7.98. The van der Waals surface area contributed by atoms with Crippen LogP contribution in [-0.2, 0) is 0 Å². The maximum atomic E-state index is 11.8. The number of carbonyl (C=O) groups is 1. The predicted octanol–water partition coefficient (Wildman–Crippen LogP) is 3.71. The van der Waals surface area contributed by atoms with Gasteiger partial charge >= 0.3 is 0 Å². The van der Waals surface area contributed by atoms with E-state index in [9.17, 15) is 4.79 Å². The second-order valence-electron chi connectivity index (χ2n) is 4.18. The molecule has 1 aromatic rings. The molecule has 0 N–H and O–H groups in total. The van der Waals surface area contributed by atoms with Gasteiger partial charge in [-0.3, -0.25) is 4.79 Å². The van der Waals surface area contributed by atoms with Crippen LogP contribution >= 0.6 is 0 Å². The lowest BCUT2D eigenvalue weighted by Gasteiger charge is -2.24. The minimum absolute atomic E-state index is 0.162. The number of allylic oxidation sites excluding steroid dienone is 2. The van der Waals surface area contributed by atoms with Crippen LogP contribution < -0.4 is 0 Å². The van der Waals surface area contributed by atoms with Gasteiger partial charge in [0.2, 0.25) is 0 Å². The number of hydrogen-bond donors (Lipinski definition) is 0. The fourth-order valence-electron chi connectivity index (χ4n) is 2.33. The van der Waals surface area contributed by atoms with Gasteiger partial charge in [0.25, 0.3) is 0 Å². The Labute approximate surface area is 90.8 Å². The number of fused-ring (bicyclic) bond motifs is 1.